The fraction of sp³-hybridized carbons (Fsp3) is 0. The van der Waals surface area contributed by atoms with Gasteiger partial charge in [0.2, 0.25) is 6.41 Å². The van der Waals surface area contributed by atoms with E-state index in [1.54, 1.807) is 18.5 Å². The summed E-state index contributed by atoms with van der Waals surface area (Å²) >= 11 is 0. The van der Waals surface area contributed by atoms with E-state index in [0.29, 0.717) is 12.2 Å². The molecule has 0 aliphatic rings. The van der Waals surface area contributed by atoms with Crippen LogP contribution in [0.5, 0.6) is 0 Å². The summed E-state index contributed by atoms with van der Waals surface area (Å²) in [4.78, 5) is 14.1. The Hall–Kier alpha value is -2.17. The summed E-state index contributed by atoms with van der Waals surface area (Å²) in [5.41, 5.74) is 1.73. The smallest absolute Gasteiger partial charge is 0.212 e. The zero-order valence-corrected chi connectivity index (χ0v) is 7.27. The normalized spacial score (nSPS) is 9.71. The van der Waals surface area contributed by atoms with Gasteiger partial charge in [0.25, 0.3) is 0 Å². The lowest BCUT2D eigenvalue weighted by molar-refractivity contribution is -0.105. The Kier molecular flexibility index (Phi) is 2.22. The van der Waals surface area contributed by atoms with Crippen LogP contribution in [0, 0.1) is 0 Å². The number of nitrogens with one attached hydrogen (secondary N) is 2. The SMILES string of the molecule is O=CNc1cc(-c2ccncc2)n[nH]1. The molecule has 0 radical (unpaired) electrons. The molecule has 2 N–H and O–H groups in total. The molecule has 0 atom stereocenters. The predicted molar refractivity (Wildman–Crippen MR) is 51.5 cm³/mol. The first-order chi connectivity index (χ1) is 6.90. The Morgan fingerprint density at radius 1 is 1.36 bits per heavy atom. The summed E-state index contributed by atoms with van der Waals surface area (Å²) in [5.74, 6) is 0.576. The molecule has 0 saturated heterocycles. The summed E-state index contributed by atoms with van der Waals surface area (Å²) in [7, 11) is 0. The van der Waals surface area contributed by atoms with Crippen molar-refractivity contribution in [1.82, 2.24) is 15.2 Å². The third-order valence-corrected chi connectivity index (χ3v) is 1.77. The molecular weight excluding hydrogens is 180 g/mol. The number of rotatable bonds is 3. The second kappa shape index (κ2) is 3.69. The maximum atomic E-state index is 10.2. The minimum Gasteiger partial charge on any atom is -0.314 e. The number of H-pyrrole nitrogens is 1. The van der Waals surface area contributed by atoms with E-state index >= 15 is 0 Å². The van der Waals surface area contributed by atoms with Crippen molar-refractivity contribution in [3.05, 3.63) is 30.6 Å². The van der Waals surface area contributed by atoms with E-state index in [9.17, 15) is 4.79 Å². The highest BCUT2D eigenvalue weighted by molar-refractivity contribution is 5.72. The second-order valence-corrected chi connectivity index (χ2v) is 2.66. The standard InChI is InChI=1S/C9H8N4O/c14-6-11-9-5-8(12-13-9)7-1-3-10-4-2-7/h1-6H,(H2,11,12,13,14). The van der Waals surface area contributed by atoms with Crippen molar-refractivity contribution >= 4 is 12.2 Å². The van der Waals surface area contributed by atoms with Crippen LogP contribution in [0.15, 0.2) is 30.6 Å². The van der Waals surface area contributed by atoms with Crippen molar-refractivity contribution in [2.24, 2.45) is 0 Å². The largest absolute Gasteiger partial charge is 0.314 e. The molecule has 0 saturated carbocycles. The van der Waals surface area contributed by atoms with E-state index in [1.165, 1.54) is 0 Å². The van der Waals surface area contributed by atoms with Crippen LogP contribution in [0.25, 0.3) is 11.3 Å². The third kappa shape index (κ3) is 1.61. The van der Waals surface area contributed by atoms with Crippen LogP contribution in [0.4, 0.5) is 5.82 Å². The molecule has 5 nitrogen and oxygen atoms in total. The number of nitrogens with zero attached hydrogens (tertiary/aromatic N) is 2. The van der Waals surface area contributed by atoms with Gasteiger partial charge in [-0.2, -0.15) is 5.10 Å². The molecule has 0 bridgehead atoms. The topological polar surface area (TPSA) is 70.7 Å². The quantitative estimate of drug-likeness (QED) is 0.707. The van der Waals surface area contributed by atoms with Crippen molar-refractivity contribution in [3.63, 3.8) is 0 Å². The number of aromatic nitrogens is 3. The maximum absolute atomic E-state index is 10.2. The Labute approximate surface area is 80.2 Å². The summed E-state index contributed by atoms with van der Waals surface area (Å²) in [5, 5.41) is 9.21. The van der Waals surface area contributed by atoms with Crippen LogP contribution in [-0.4, -0.2) is 21.6 Å². The van der Waals surface area contributed by atoms with Crippen molar-refractivity contribution in [3.8, 4) is 11.3 Å². The van der Waals surface area contributed by atoms with Gasteiger partial charge in [0.15, 0.2) is 0 Å². The zero-order chi connectivity index (χ0) is 9.80. The first-order valence-corrected chi connectivity index (χ1v) is 4.06. The lowest BCUT2D eigenvalue weighted by Crippen LogP contribution is -1.92. The first-order valence-electron chi connectivity index (χ1n) is 4.06. The summed E-state index contributed by atoms with van der Waals surface area (Å²) in [6.45, 7) is 0. The molecule has 0 spiro atoms. The Bertz CT molecular complexity index is 423. The molecule has 0 aliphatic carbocycles. The lowest BCUT2D eigenvalue weighted by Gasteiger charge is -1.91. The summed E-state index contributed by atoms with van der Waals surface area (Å²) in [6, 6.07) is 5.45. The molecule has 70 valence electrons. The molecule has 0 unspecified atom stereocenters. The van der Waals surface area contributed by atoms with E-state index in [1.807, 2.05) is 12.1 Å². The summed E-state index contributed by atoms with van der Waals surface area (Å²) in [6.07, 6.45) is 3.98. The Morgan fingerprint density at radius 3 is 2.86 bits per heavy atom. The third-order valence-electron chi connectivity index (χ3n) is 1.77. The van der Waals surface area contributed by atoms with Gasteiger partial charge in [-0.1, -0.05) is 0 Å². The van der Waals surface area contributed by atoms with Gasteiger partial charge < -0.3 is 5.32 Å². The highest BCUT2D eigenvalue weighted by Gasteiger charge is 2.01. The van der Waals surface area contributed by atoms with Crippen LogP contribution in [-0.2, 0) is 4.79 Å². The predicted octanol–water partition coefficient (Wildman–Crippen LogP) is 1.04. The number of aromatic amines is 1. The number of hydrogen-bond acceptors (Lipinski definition) is 3. The minimum absolute atomic E-state index is 0.576. The highest BCUT2D eigenvalue weighted by atomic mass is 16.1. The van der Waals surface area contributed by atoms with Crippen molar-refractivity contribution in [2.45, 2.75) is 0 Å². The number of hydrogen-bond donors (Lipinski definition) is 2. The number of carbonyl (C=O) groups excluding carboxylic acids is 1. The first kappa shape index (κ1) is 8.43. The van der Waals surface area contributed by atoms with E-state index in [0.717, 1.165) is 11.3 Å². The highest BCUT2D eigenvalue weighted by Crippen LogP contribution is 2.17. The van der Waals surface area contributed by atoms with Crippen LogP contribution in [0.2, 0.25) is 0 Å². The molecule has 2 heterocycles. The molecule has 0 aliphatic heterocycles. The average molecular weight is 188 g/mol. The molecule has 5 heteroatoms. The molecule has 2 aromatic heterocycles. The van der Waals surface area contributed by atoms with E-state index in [-0.39, 0.29) is 0 Å². The number of anilines is 1. The van der Waals surface area contributed by atoms with Gasteiger partial charge in [0.05, 0.1) is 5.69 Å². The monoisotopic (exact) mass is 188 g/mol. The molecular formula is C9H8N4O. The van der Waals surface area contributed by atoms with Crippen LogP contribution >= 0.6 is 0 Å². The molecule has 0 fully saturated rings. The summed E-state index contributed by atoms with van der Waals surface area (Å²) < 4.78 is 0. The van der Waals surface area contributed by atoms with Gasteiger partial charge in [0.1, 0.15) is 5.82 Å². The molecule has 2 aromatic rings. The molecule has 14 heavy (non-hydrogen) atoms. The van der Waals surface area contributed by atoms with Crippen molar-refractivity contribution in [2.75, 3.05) is 5.32 Å². The Balaban J connectivity index is 2.29. The van der Waals surface area contributed by atoms with E-state index in [2.05, 4.69) is 20.5 Å². The van der Waals surface area contributed by atoms with Gasteiger partial charge in [-0.25, -0.2) is 0 Å². The average Bonchev–Trinajstić information content (AvgIpc) is 2.68. The van der Waals surface area contributed by atoms with Gasteiger partial charge in [-0.15, -0.1) is 0 Å². The van der Waals surface area contributed by atoms with Crippen molar-refractivity contribution in [1.29, 1.82) is 0 Å². The fourth-order valence-electron chi connectivity index (χ4n) is 1.13. The minimum atomic E-state index is 0.576. The molecule has 0 aromatic carbocycles. The number of amides is 1. The van der Waals surface area contributed by atoms with Gasteiger partial charge >= 0.3 is 0 Å². The van der Waals surface area contributed by atoms with E-state index in [4.69, 9.17) is 0 Å². The van der Waals surface area contributed by atoms with Crippen LogP contribution in [0.3, 0.4) is 0 Å². The van der Waals surface area contributed by atoms with Gasteiger partial charge in [-0.3, -0.25) is 14.9 Å². The lowest BCUT2D eigenvalue weighted by atomic mass is 10.2. The van der Waals surface area contributed by atoms with Crippen LogP contribution < -0.4 is 5.32 Å². The Morgan fingerprint density at radius 2 is 2.14 bits per heavy atom. The maximum Gasteiger partial charge on any atom is 0.212 e. The van der Waals surface area contributed by atoms with Gasteiger partial charge in [-0.05, 0) is 12.1 Å². The fourth-order valence-corrected chi connectivity index (χ4v) is 1.13. The van der Waals surface area contributed by atoms with Crippen LogP contribution in [0.1, 0.15) is 0 Å². The van der Waals surface area contributed by atoms with Crippen molar-refractivity contribution < 1.29 is 4.79 Å². The number of pyridine rings is 1. The van der Waals surface area contributed by atoms with E-state index < -0.39 is 0 Å². The molecule has 1 amide bonds. The van der Waals surface area contributed by atoms with Gasteiger partial charge in [0, 0.05) is 24.0 Å². The number of carbonyl (C=O) groups is 1. The zero-order valence-electron chi connectivity index (χ0n) is 7.27. The second-order valence-electron chi connectivity index (χ2n) is 2.66. The molecule has 2 rings (SSSR count).